The van der Waals surface area contributed by atoms with Crippen molar-refractivity contribution in [3.05, 3.63) is 35.9 Å². The summed E-state index contributed by atoms with van der Waals surface area (Å²) in [5.74, 6) is -2.69. The van der Waals surface area contributed by atoms with Crippen LogP contribution in [0.1, 0.15) is 17.3 Å². The Hall–Kier alpha value is -1.68. The molecule has 15 heavy (non-hydrogen) atoms. The molecule has 0 aromatic heterocycles. The maximum absolute atomic E-state index is 11.7. The van der Waals surface area contributed by atoms with Crippen molar-refractivity contribution in [1.29, 1.82) is 0 Å². The highest BCUT2D eigenvalue weighted by molar-refractivity contribution is 6.00. The molecule has 80 valence electrons. The number of carbonyl (C=O) groups is 2. The third kappa shape index (κ3) is 2.63. The van der Waals surface area contributed by atoms with E-state index < -0.39 is 18.0 Å². The molecule has 2 N–H and O–H groups in total. The molecule has 0 amide bonds. The minimum Gasteiger partial charge on any atom is -0.479 e. The fourth-order valence-corrected chi connectivity index (χ4v) is 1.22. The van der Waals surface area contributed by atoms with Crippen LogP contribution < -0.4 is 0 Å². The zero-order valence-corrected chi connectivity index (χ0v) is 8.25. The van der Waals surface area contributed by atoms with Crippen molar-refractivity contribution in [2.24, 2.45) is 5.92 Å². The summed E-state index contributed by atoms with van der Waals surface area (Å²) in [6.45, 7) is 1.40. The smallest absolute Gasteiger partial charge is 0.333 e. The van der Waals surface area contributed by atoms with Crippen LogP contribution >= 0.6 is 0 Å². The lowest BCUT2D eigenvalue weighted by Gasteiger charge is -2.13. The molecule has 0 radical (unpaired) electrons. The van der Waals surface area contributed by atoms with Crippen molar-refractivity contribution in [3.8, 4) is 0 Å². The molecule has 0 aliphatic rings. The van der Waals surface area contributed by atoms with E-state index in [0.29, 0.717) is 5.56 Å². The minimum atomic E-state index is -1.65. The van der Waals surface area contributed by atoms with Crippen LogP contribution in [0.4, 0.5) is 0 Å². The number of carbonyl (C=O) groups excluding carboxylic acids is 1. The third-order valence-electron chi connectivity index (χ3n) is 2.20. The predicted octanol–water partition coefficient (Wildman–Crippen LogP) is 0.951. The van der Waals surface area contributed by atoms with Crippen molar-refractivity contribution in [3.63, 3.8) is 0 Å². The number of aliphatic hydroxyl groups is 1. The van der Waals surface area contributed by atoms with Gasteiger partial charge < -0.3 is 10.2 Å². The second kappa shape index (κ2) is 4.70. The zero-order valence-electron chi connectivity index (χ0n) is 8.25. The fourth-order valence-electron chi connectivity index (χ4n) is 1.22. The molecule has 4 heteroatoms. The van der Waals surface area contributed by atoms with Gasteiger partial charge in [-0.2, -0.15) is 0 Å². The van der Waals surface area contributed by atoms with Gasteiger partial charge in [0.05, 0.1) is 5.92 Å². The Labute approximate surface area is 87.2 Å². The van der Waals surface area contributed by atoms with E-state index in [1.165, 1.54) is 6.92 Å². The monoisotopic (exact) mass is 208 g/mol. The third-order valence-corrected chi connectivity index (χ3v) is 2.20. The van der Waals surface area contributed by atoms with Crippen LogP contribution in [-0.2, 0) is 4.79 Å². The van der Waals surface area contributed by atoms with Gasteiger partial charge in [-0.25, -0.2) is 4.79 Å². The Balaban J connectivity index is 2.82. The zero-order chi connectivity index (χ0) is 11.4. The van der Waals surface area contributed by atoms with E-state index in [1.54, 1.807) is 30.3 Å². The second-order valence-electron chi connectivity index (χ2n) is 3.30. The molecule has 4 nitrogen and oxygen atoms in total. The average Bonchev–Trinajstić information content (AvgIpc) is 2.27. The number of Topliss-reactive ketones (excluding diaryl/α,β-unsaturated/α-hetero) is 1. The highest BCUT2D eigenvalue weighted by Crippen LogP contribution is 2.12. The normalized spacial score (nSPS) is 14.3. The maximum Gasteiger partial charge on any atom is 0.333 e. The lowest BCUT2D eigenvalue weighted by atomic mass is 9.94. The Morgan fingerprint density at radius 1 is 1.20 bits per heavy atom. The van der Waals surface area contributed by atoms with Gasteiger partial charge >= 0.3 is 5.97 Å². The highest BCUT2D eigenvalue weighted by atomic mass is 16.4. The molecule has 0 aliphatic heterocycles. The number of rotatable bonds is 4. The first kappa shape index (κ1) is 11.4. The topological polar surface area (TPSA) is 74.6 Å². The molecular weight excluding hydrogens is 196 g/mol. The lowest BCUT2D eigenvalue weighted by molar-refractivity contribution is -0.148. The van der Waals surface area contributed by atoms with Crippen LogP contribution in [0.5, 0.6) is 0 Å². The van der Waals surface area contributed by atoms with Crippen LogP contribution in [0.2, 0.25) is 0 Å². The van der Waals surface area contributed by atoms with Crippen molar-refractivity contribution >= 4 is 11.8 Å². The van der Waals surface area contributed by atoms with Gasteiger partial charge in [-0.3, -0.25) is 4.79 Å². The second-order valence-corrected chi connectivity index (χ2v) is 3.30. The Morgan fingerprint density at radius 3 is 2.20 bits per heavy atom. The van der Waals surface area contributed by atoms with Crippen LogP contribution in [0.25, 0.3) is 0 Å². The Bertz CT molecular complexity index is 358. The largest absolute Gasteiger partial charge is 0.479 e. The fraction of sp³-hybridized carbons (Fsp3) is 0.273. The van der Waals surface area contributed by atoms with Gasteiger partial charge in [0.25, 0.3) is 0 Å². The maximum atomic E-state index is 11.7. The first-order chi connectivity index (χ1) is 7.04. The number of carboxylic acids is 1. The standard InChI is InChI=1S/C11H12O4/c1-7(10(13)11(14)15)9(12)8-5-3-2-4-6-8/h2-7,10,13H,1H3,(H,14,15). The number of hydrogen-bond donors (Lipinski definition) is 2. The van der Waals surface area contributed by atoms with Crippen LogP contribution in [0, 0.1) is 5.92 Å². The van der Waals surface area contributed by atoms with E-state index in [1.807, 2.05) is 0 Å². The Kier molecular flexibility index (Phi) is 3.57. The van der Waals surface area contributed by atoms with Gasteiger partial charge in [-0.1, -0.05) is 37.3 Å². The molecular formula is C11H12O4. The molecule has 1 rings (SSSR count). The highest BCUT2D eigenvalue weighted by Gasteiger charge is 2.28. The SMILES string of the molecule is CC(C(=O)c1ccccc1)C(O)C(=O)O. The van der Waals surface area contributed by atoms with E-state index in [0.717, 1.165) is 0 Å². The summed E-state index contributed by atoms with van der Waals surface area (Å²) in [4.78, 5) is 22.1. The minimum absolute atomic E-state index is 0.370. The number of benzene rings is 1. The van der Waals surface area contributed by atoms with E-state index in [4.69, 9.17) is 5.11 Å². The lowest BCUT2D eigenvalue weighted by Crippen LogP contribution is -2.32. The molecule has 0 spiro atoms. The first-order valence-electron chi connectivity index (χ1n) is 4.54. The first-order valence-corrected chi connectivity index (χ1v) is 4.54. The number of carboxylic acid groups (broad SMARTS) is 1. The summed E-state index contributed by atoms with van der Waals surface area (Å²) in [5.41, 5.74) is 0.408. The van der Waals surface area contributed by atoms with Gasteiger partial charge in [0.2, 0.25) is 0 Å². The molecule has 2 atom stereocenters. The summed E-state index contributed by atoms with van der Waals surface area (Å²) in [7, 11) is 0. The van der Waals surface area contributed by atoms with Gasteiger partial charge in [-0.15, -0.1) is 0 Å². The van der Waals surface area contributed by atoms with E-state index in [9.17, 15) is 14.7 Å². The van der Waals surface area contributed by atoms with Gasteiger partial charge in [-0.05, 0) is 0 Å². The molecule has 2 unspecified atom stereocenters. The molecule has 0 bridgehead atoms. The van der Waals surface area contributed by atoms with Crippen molar-refractivity contribution in [2.45, 2.75) is 13.0 Å². The molecule has 1 aromatic carbocycles. The molecule has 0 heterocycles. The number of hydrogen-bond acceptors (Lipinski definition) is 3. The van der Waals surface area contributed by atoms with Crippen molar-refractivity contribution in [1.82, 2.24) is 0 Å². The van der Waals surface area contributed by atoms with Crippen molar-refractivity contribution in [2.75, 3.05) is 0 Å². The Morgan fingerprint density at radius 2 is 1.73 bits per heavy atom. The summed E-state index contributed by atoms with van der Waals surface area (Å²) in [6.07, 6.45) is -1.65. The van der Waals surface area contributed by atoms with Crippen LogP contribution in [0.3, 0.4) is 0 Å². The summed E-state index contributed by atoms with van der Waals surface area (Å²) < 4.78 is 0. The van der Waals surface area contributed by atoms with Gasteiger partial charge in [0.15, 0.2) is 11.9 Å². The van der Waals surface area contributed by atoms with Crippen LogP contribution in [-0.4, -0.2) is 28.1 Å². The quantitative estimate of drug-likeness (QED) is 0.722. The molecule has 0 aliphatic carbocycles. The average molecular weight is 208 g/mol. The predicted molar refractivity (Wildman–Crippen MR) is 53.6 cm³/mol. The van der Waals surface area contributed by atoms with E-state index >= 15 is 0 Å². The van der Waals surface area contributed by atoms with Crippen LogP contribution in [0.15, 0.2) is 30.3 Å². The number of aliphatic carboxylic acids is 1. The molecule has 1 aromatic rings. The number of ketones is 1. The summed E-state index contributed by atoms with van der Waals surface area (Å²) in [6, 6.07) is 8.32. The van der Waals surface area contributed by atoms with E-state index in [2.05, 4.69) is 0 Å². The molecule has 0 saturated carbocycles. The van der Waals surface area contributed by atoms with Gasteiger partial charge in [0, 0.05) is 5.56 Å². The summed E-state index contributed by atoms with van der Waals surface area (Å²) >= 11 is 0. The molecule has 0 saturated heterocycles. The number of aliphatic hydroxyl groups excluding tert-OH is 1. The molecule has 0 fully saturated rings. The van der Waals surface area contributed by atoms with Crippen molar-refractivity contribution < 1.29 is 19.8 Å². The summed E-state index contributed by atoms with van der Waals surface area (Å²) in [5, 5.41) is 17.8. The van der Waals surface area contributed by atoms with E-state index in [-0.39, 0.29) is 5.78 Å². The van der Waals surface area contributed by atoms with Gasteiger partial charge in [0.1, 0.15) is 0 Å².